The fourth-order valence-electron chi connectivity index (χ4n) is 4.25. The van der Waals surface area contributed by atoms with Crippen molar-refractivity contribution in [2.45, 2.75) is 51.5 Å². The summed E-state index contributed by atoms with van der Waals surface area (Å²) in [5.41, 5.74) is 3.42. The van der Waals surface area contributed by atoms with E-state index in [-0.39, 0.29) is 11.7 Å². The molecular formula is C23H29NO. The van der Waals surface area contributed by atoms with Crippen molar-refractivity contribution in [3.63, 3.8) is 0 Å². The summed E-state index contributed by atoms with van der Waals surface area (Å²) >= 11 is 0. The third kappa shape index (κ3) is 3.85. The number of fused-ring (bicyclic) bond motifs is 1. The number of carbonyl (C=O) groups is 1. The van der Waals surface area contributed by atoms with Crippen LogP contribution < -0.4 is 0 Å². The molecule has 2 heteroatoms. The van der Waals surface area contributed by atoms with Crippen LogP contribution in [-0.4, -0.2) is 29.8 Å². The molecule has 0 aliphatic heterocycles. The van der Waals surface area contributed by atoms with E-state index in [9.17, 15) is 4.79 Å². The maximum Gasteiger partial charge on any atom is 0.171 e. The molecule has 2 nitrogen and oxygen atoms in total. The van der Waals surface area contributed by atoms with Crippen molar-refractivity contribution in [1.29, 1.82) is 0 Å². The summed E-state index contributed by atoms with van der Waals surface area (Å²) in [5.74, 6) is 0.223. The van der Waals surface area contributed by atoms with Crippen LogP contribution in [0.4, 0.5) is 0 Å². The molecule has 3 rings (SSSR count). The molecule has 0 aromatic heterocycles. The zero-order chi connectivity index (χ0) is 17.6. The number of hydrogen-bond donors (Lipinski definition) is 0. The molecule has 132 valence electrons. The maximum absolute atomic E-state index is 13.5. The zero-order valence-corrected chi connectivity index (χ0v) is 15.4. The molecule has 0 bridgehead atoms. The Morgan fingerprint density at radius 3 is 2.28 bits per heavy atom. The number of rotatable bonds is 7. The van der Waals surface area contributed by atoms with Gasteiger partial charge in [-0.1, -0.05) is 68.4 Å². The molecule has 2 atom stereocenters. The highest BCUT2D eigenvalue weighted by atomic mass is 16.1. The first-order valence-electron chi connectivity index (χ1n) is 9.67. The molecule has 1 aliphatic rings. The lowest BCUT2D eigenvalue weighted by atomic mass is 9.74. The average molecular weight is 335 g/mol. The molecule has 0 saturated carbocycles. The van der Waals surface area contributed by atoms with Crippen molar-refractivity contribution in [1.82, 2.24) is 4.90 Å². The summed E-state index contributed by atoms with van der Waals surface area (Å²) in [5, 5.41) is 0. The molecule has 0 saturated heterocycles. The molecule has 0 spiro atoms. The summed E-state index contributed by atoms with van der Waals surface area (Å²) < 4.78 is 0. The van der Waals surface area contributed by atoms with Gasteiger partial charge in [-0.25, -0.2) is 0 Å². The van der Waals surface area contributed by atoms with Gasteiger partial charge < -0.3 is 0 Å². The second kappa shape index (κ2) is 8.44. The standard InChI is InChI=1S/C23H29NO/c1-3-16-24(17-4-2)21-15-14-18-10-8-9-13-20(18)22(21)23(25)19-11-6-5-7-12-19/h5-13,21-22H,3-4,14-17H2,1-2H3. The van der Waals surface area contributed by atoms with Gasteiger partial charge in [0.05, 0.1) is 5.92 Å². The van der Waals surface area contributed by atoms with Crippen LogP contribution in [0.5, 0.6) is 0 Å². The minimum atomic E-state index is -0.0505. The highest BCUT2D eigenvalue weighted by Crippen LogP contribution is 2.37. The van der Waals surface area contributed by atoms with E-state index in [2.05, 4.69) is 43.0 Å². The number of carbonyl (C=O) groups excluding carboxylic acids is 1. The summed E-state index contributed by atoms with van der Waals surface area (Å²) in [7, 11) is 0. The highest BCUT2D eigenvalue weighted by molar-refractivity contribution is 6.01. The van der Waals surface area contributed by atoms with Crippen molar-refractivity contribution in [3.05, 3.63) is 71.3 Å². The Hall–Kier alpha value is -1.93. The SMILES string of the molecule is CCCN(CCC)C1CCc2ccccc2C1C(=O)c1ccccc1. The first-order valence-corrected chi connectivity index (χ1v) is 9.67. The third-order valence-corrected chi connectivity index (χ3v) is 5.32. The molecule has 2 aromatic rings. The summed E-state index contributed by atoms with van der Waals surface area (Å²) in [6.07, 6.45) is 4.40. The number of hydrogen-bond acceptors (Lipinski definition) is 2. The van der Waals surface area contributed by atoms with Gasteiger partial charge in [0.1, 0.15) is 0 Å². The smallest absolute Gasteiger partial charge is 0.171 e. The number of Topliss-reactive ketones (excluding diaryl/α,β-unsaturated/α-hetero) is 1. The van der Waals surface area contributed by atoms with Gasteiger partial charge in [0.15, 0.2) is 5.78 Å². The summed E-state index contributed by atoms with van der Waals surface area (Å²) in [6.45, 7) is 6.60. The molecule has 0 N–H and O–H groups in total. The van der Waals surface area contributed by atoms with Gasteiger partial charge in [0.25, 0.3) is 0 Å². The lowest BCUT2D eigenvalue weighted by Crippen LogP contribution is -2.45. The Morgan fingerprint density at radius 1 is 0.960 bits per heavy atom. The minimum absolute atomic E-state index is 0.0505. The molecule has 0 fully saturated rings. The second-order valence-electron chi connectivity index (χ2n) is 7.05. The zero-order valence-electron chi connectivity index (χ0n) is 15.4. The monoisotopic (exact) mass is 335 g/mol. The van der Waals surface area contributed by atoms with E-state index in [1.165, 1.54) is 11.1 Å². The van der Waals surface area contributed by atoms with Crippen LogP contribution >= 0.6 is 0 Å². The van der Waals surface area contributed by atoms with Gasteiger partial charge in [-0.2, -0.15) is 0 Å². The molecule has 2 aromatic carbocycles. The lowest BCUT2D eigenvalue weighted by Gasteiger charge is -2.40. The van der Waals surface area contributed by atoms with Gasteiger partial charge >= 0.3 is 0 Å². The molecular weight excluding hydrogens is 306 g/mol. The van der Waals surface area contributed by atoms with Gasteiger partial charge in [-0.05, 0) is 49.9 Å². The van der Waals surface area contributed by atoms with E-state index >= 15 is 0 Å². The summed E-state index contributed by atoms with van der Waals surface area (Å²) in [4.78, 5) is 16.0. The largest absolute Gasteiger partial charge is 0.299 e. The summed E-state index contributed by atoms with van der Waals surface area (Å²) in [6, 6.07) is 18.7. The Balaban J connectivity index is 2.01. The molecule has 0 heterocycles. The van der Waals surface area contributed by atoms with Crippen molar-refractivity contribution in [3.8, 4) is 0 Å². The van der Waals surface area contributed by atoms with E-state index in [1.807, 2.05) is 30.3 Å². The topological polar surface area (TPSA) is 20.3 Å². The van der Waals surface area contributed by atoms with E-state index < -0.39 is 0 Å². The van der Waals surface area contributed by atoms with Crippen molar-refractivity contribution >= 4 is 5.78 Å². The van der Waals surface area contributed by atoms with Gasteiger partial charge in [0, 0.05) is 11.6 Å². The fraction of sp³-hybridized carbons (Fsp3) is 0.435. The molecule has 25 heavy (non-hydrogen) atoms. The number of aryl methyl sites for hydroxylation is 1. The van der Waals surface area contributed by atoms with Crippen LogP contribution in [0.2, 0.25) is 0 Å². The van der Waals surface area contributed by atoms with Crippen LogP contribution in [-0.2, 0) is 6.42 Å². The molecule has 0 radical (unpaired) electrons. The van der Waals surface area contributed by atoms with E-state index in [0.29, 0.717) is 6.04 Å². The Labute approximate surface area is 151 Å². The van der Waals surface area contributed by atoms with E-state index in [1.54, 1.807) is 0 Å². The quantitative estimate of drug-likeness (QED) is 0.657. The van der Waals surface area contributed by atoms with Crippen LogP contribution in [0.15, 0.2) is 54.6 Å². The second-order valence-corrected chi connectivity index (χ2v) is 7.05. The Morgan fingerprint density at radius 2 is 1.60 bits per heavy atom. The van der Waals surface area contributed by atoms with Gasteiger partial charge in [-0.3, -0.25) is 9.69 Å². The van der Waals surface area contributed by atoms with Crippen molar-refractivity contribution < 1.29 is 4.79 Å². The van der Waals surface area contributed by atoms with Gasteiger partial charge in [-0.15, -0.1) is 0 Å². The average Bonchev–Trinajstić information content (AvgIpc) is 2.67. The number of nitrogens with zero attached hydrogens (tertiary/aromatic N) is 1. The van der Waals surface area contributed by atoms with Crippen molar-refractivity contribution in [2.75, 3.05) is 13.1 Å². The fourth-order valence-corrected chi connectivity index (χ4v) is 4.25. The Kier molecular flexibility index (Phi) is 6.04. The van der Waals surface area contributed by atoms with Crippen LogP contribution in [0.3, 0.4) is 0 Å². The van der Waals surface area contributed by atoms with E-state index in [0.717, 1.165) is 44.3 Å². The first kappa shape index (κ1) is 17.9. The molecule has 1 aliphatic carbocycles. The van der Waals surface area contributed by atoms with Crippen LogP contribution in [0.25, 0.3) is 0 Å². The highest BCUT2D eigenvalue weighted by Gasteiger charge is 2.37. The molecule has 2 unspecified atom stereocenters. The van der Waals surface area contributed by atoms with E-state index in [4.69, 9.17) is 0 Å². The first-order chi connectivity index (χ1) is 12.3. The minimum Gasteiger partial charge on any atom is -0.299 e. The van der Waals surface area contributed by atoms with Crippen LogP contribution in [0, 0.1) is 0 Å². The van der Waals surface area contributed by atoms with Crippen molar-refractivity contribution in [2.24, 2.45) is 0 Å². The molecule has 0 amide bonds. The normalized spacial score (nSPS) is 19.6. The maximum atomic E-state index is 13.5. The Bertz CT molecular complexity index is 688. The lowest BCUT2D eigenvalue weighted by molar-refractivity contribution is 0.0841. The van der Waals surface area contributed by atoms with Gasteiger partial charge in [0.2, 0.25) is 0 Å². The number of ketones is 1. The predicted molar refractivity (Wildman–Crippen MR) is 104 cm³/mol. The predicted octanol–water partition coefficient (Wildman–Crippen LogP) is 5.09. The third-order valence-electron chi connectivity index (χ3n) is 5.32. The number of benzene rings is 2. The van der Waals surface area contributed by atoms with Crippen LogP contribution in [0.1, 0.15) is 60.5 Å².